The number of ether oxygens (including phenoxy) is 7. The van der Waals surface area contributed by atoms with Gasteiger partial charge in [-0.25, -0.2) is 9.59 Å². The van der Waals surface area contributed by atoms with Crippen molar-refractivity contribution in [2.24, 2.45) is 0 Å². The highest BCUT2D eigenvalue weighted by molar-refractivity contribution is 6.32. The Bertz CT molecular complexity index is 2130. The van der Waals surface area contributed by atoms with Gasteiger partial charge < -0.3 is 43.4 Å². The Labute approximate surface area is 371 Å². The summed E-state index contributed by atoms with van der Waals surface area (Å²) >= 11 is 6.34. The van der Waals surface area contributed by atoms with Gasteiger partial charge in [0.2, 0.25) is 11.2 Å². The van der Waals surface area contributed by atoms with E-state index in [1.54, 1.807) is 19.1 Å². The Balaban J connectivity index is 0.000000235. The van der Waals surface area contributed by atoms with Crippen molar-refractivity contribution in [3.63, 3.8) is 0 Å². The summed E-state index contributed by atoms with van der Waals surface area (Å²) in [4.78, 5) is 23.1. The zero-order valence-electron chi connectivity index (χ0n) is 37.3. The van der Waals surface area contributed by atoms with Crippen LogP contribution in [0.5, 0.6) is 40.2 Å². The minimum absolute atomic E-state index is 0.0382. The third kappa shape index (κ3) is 12.6. The number of halogens is 1. The number of aliphatic carboxylic acids is 2. The third-order valence-corrected chi connectivity index (χ3v) is 11.4. The topological polar surface area (TPSA) is 139 Å². The van der Waals surface area contributed by atoms with Crippen molar-refractivity contribution >= 4 is 23.5 Å². The van der Waals surface area contributed by atoms with Gasteiger partial charge in [-0.1, -0.05) is 70.8 Å². The van der Waals surface area contributed by atoms with Crippen LogP contribution in [0.1, 0.15) is 109 Å². The molecular weight excluding hydrogens is 812 g/mol. The molecule has 0 aliphatic carbocycles. The monoisotopic (exact) mass is 874 g/mol. The number of aryl methyl sites for hydroxylation is 3. The summed E-state index contributed by atoms with van der Waals surface area (Å²) in [6, 6.07) is 23.1. The fraction of sp³-hybridized carbons (Fsp3) is 0.480. The number of carbonyl (C=O) groups is 2. The number of rotatable bonds is 19. The Morgan fingerprint density at radius 3 is 1.77 bits per heavy atom. The zero-order chi connectivity index (χ0) is 44.9. The normalized spacial score (nSPS) is 17.7. The molecule has 6 rings (SSSR count). The van der Waals surface area contributed by atoms with Gasteiger partial charge in [0.05, 0.1) is 38.1 Å². The summed E-state index contributed by atoms with van der Waals surface area (Å²) in [5.74, 6) is 3.07. The standard InChI is InChI=1S/C26H34O6.C24H29ClO5/c1-4-8-20-17-21(29-6-3)11-12-23(20)31-16-7-15-30-22-10-9-19-13-14-26(5-2,25(27)28)32-24(19)18-22;1-23(2,3)17-7-9-20(19(25)14-17)29-13-5-12-28-18-8-6-16-10-11-24(4,22(26)27)30-21(16)15-18/h9-12,17-18H,4-8,13-16H2,1-3H3,(H,27,28);6-9,14-15H,5,10-13H2,1-4H3,(H,26,27). The number of benzene rings is 4. The average molecular weight is 875 g/mol. The van der Waals surface area contributed by atoms with Crippen molar-refractivity contribution in [1.29, 1.82) is 0 Å². The molecule has 0 bridgehead atoms. The maximum Gasteiger partial charge on any atom is 0.348 e. The van der Waals surface area contributed by atoms with E-state index in [1.807, 2.05) is 68.4 Å². The van der Waals surface area contributed by atoms with Crippen LogP contribution >= 0.6 is 11.6 Å². The molecule has 0 aromatic heterocycles. The average Bonchev–Trinajstić information content (AvgIpc) is 3.24. The Kier molecular flexibility index (Phi) is 16.7. The van der Waals surface area contributed by atoms with E-state index in [2.05, 4.69) is 33.8 Å². The predicted octanol–water partition coefficient (Wildman–Crippen LogP) is 11.1. The molecule has 4 aromatic rings. The summed E-state index contributed by atoms with van der Waals surface area (Å²) in [6.07, 6.45) is 6.10. The lowest BCUT2D eigenvalue weighted by molar-refractivity contribution is -0.157. The summed E-state index contributed by atoms with van der Waals surface area (Å²) in [6.45, 7) is 16.6. The highest BCUT2D eigenvalue weighted by Gasteiger charge is 2.42. The molecule has 2 N–H and O–H groups in total. The van der Waals surface area contributed by atoms with Gasteiger partial charge in [0.25, 0.3) is 0 Å². The molecule has 0 radical (unpaired) electrons. The molecule has 0 spiro atoms. The molecule has 0 saturated heterocycles. The minimum atomic E-state index is -1.19. The molecule has 4 aromatic carbocycles. The molecule has 336 valence electrons. The van der Waals surface area contributed by atoms with Gasteiger partial charge in [-0.3, -0.25) is 0 Å². The maximum absolute atomic E-state index is 11.7. The van der Waals surface area contributed by atoms with Gasteiger partial charge in [-0.05, 0) is 110 Å². The van der Waals surface area contributed by atoms with Crippen LogP contribution in [-0.4, -0.2) is 66.4 Å². The zero-order valence-corrected chi connectivity index (χ0v) is 38.0. The van der Waals surface area contributed by atoms with E-state index in [9.17, 15) is 19.8 Å². The second-order valence-electron chi connectivity index (χ2n) is 16.9. The van der Waals surface area contributed by atoms with Crippen molar-refractivity contribution in [3.8, 4) is 40.2 Å². The molecule has 62 heavy (non-hydrogen) atoms. The van der Waals surface area contributed by atoms with E-state index < -0.39 is 23.1 Å². The van der Waals surface area contributed by atoms with Crippen molar-refractivity contribution in [2.75, 3.05) is 33.0 Å². The molecule has 2 heterocycles. The van der Waals surface area contributed by atoms with Crippen LogP contribution in [0.25, 0.3) is 0 Å². The SMILES string of the molecule is CC1(C(=O)O)CCc2ccc(OCCCOc3ccc(C(C)(C)C)cc3Cl)cc2O1.CCCc1cc(OCC)ccc1OCCCOc1ccc2c(c1)OC(CC)(C(=O)O)CC2. The number of carboxylic acids is 2. The molecule has 0 amide bonds. The van der Waals surface area contributed by atoms with Crippen molar-refractivity contribution in [3.05, 3.63) is 100 Å². The summed E-state index contributed by atoms with van der Waals surface area (Å²) in [5, 5.41) is 19.6. The Morgan fingerprint density at radius 2 is 1.23 bits per heavy atom. The number of fused-ring (bicyclic) bond motifs is 2. The first kappa shape index (κ1) is 47.8. The molecule has 2 aliphatic rings. The van der Waals surface area contributed by atoms with Crippen LogP contribution in [0, 0.1) is 0 Å². The molecule has 2 unspecified atom stereocenters. The summed E-state index contributed by atoms with van der Waals surface area (Å²) in [5.41, 5.74) is 2.04. The van der Waals surface area contributed by atoms with Gasteiger partial charge in [0.15, 0.2) is 0 Å². The quantitative estimate of drug-likeness (QED) is 0.0870. The highest BCUT2D eigenvalue weighted by Crippen LogP contribution is 2.39. The summed E-state index contributed by atoms with van der Waals surface area (Å²) < 4.78 is 40.7. The smallest absolute Gasteiger partial charge is 0.348 e. The van der Waals surface area contributed by atoms with Crippen LogP contribution in [0.2, 0.25) is 5.02 Å². The maximum atomic E-state index is 11.7. The van der Waals surface area contributed by atoms with Gasteiger partial charge in [0, 0.05) is 37.8 Å². The lowest BCUT2D eigenvalue weighted by Crippen LogP contribution is -2.46. The number of hydrogen-bond donors (Lipinski definition) is 2. The second kappa shape index (κ2) is 21.7. The van der Waals surface area contributed by atoms with Crippen LogP contribution in [0.3, 0.4) is 0 Å². The molecule has 0 saturated carbocycles. The van der Waals surface area contributed by atoms with E-state index in [0.29, 0.717) is 105 Å². The van der Waals surface area contributed by atoms with E-state index in [4.69, 9.17) is 44.8 Å². The first-order valence-electron chi connectivity index (χ1n) is 21.8. The van der Waals surface area contributed by atoms with Crippen LogP contribution in [0.15, 0.2) is 72.8 Å². The lowest BCUT2D eigenvalue weighted by Gasteiger charge is -2.34. The third-order valence-electron chi connectivity index (χ3n) is 11.1. The van der Waals surface area contributed by atoms with Gasteiger partial charge >= 0.3 is 11.9 Å². The van der Waals surface area contributed by atoms with E-state index in [1.165, 1.54) is 0 Å². The molecule has 11 nitrogen and oxygen atoms in total. The van der Waals surface area contributed by atoms with E-state index in [0.717, 1.165) is 53.0 Å². The van der Waals surface area contributed by atoms with Crippen molar-refractivity contribution < 1.29 is 53.0 Å². The first-order valence-corrected chi connectivity index (χ1v) is 22.1. The van der Waals surface area contributed by atoms with E-state index in [-0.39, 0.29) is 5.41 Å². The first-order chi connectivity index (χ1) is 29.6. The highest BCUT2D eigenvalue weighted by atomic mass is 35.5. The van der Waals surface area contributed by atoms with Gasteiger partial charge in [0.1, 0.15) is 40.2 Å². The Morgan fingerprint density at radius 1 is 0.677 bits per heavy atom. The van der Waals surface area contributed by atoms with Crippen molar-refractivity contribution in [2.45, 2.75) is 123 Å². The Hall–Kier alpha value is -5.29. The predicted molar refractivity (Wildman–Crippen MR) is 240 cm³/mol. The molecule has 12 heteroatoms. The lowest BCUT2D eigenvalue weighted by atomic mass is 9.87. The van der Waals surface area contributed by atoms with Gasteiger partial charge in [-0.15, -0.1) is 0 Å². The van der Waals surface area contributed by atoms with Crippen LogP contribution in [0.4, 0.5) is 0 Å². The number of hydrogen-bond acceptors (Lipinski definition) is 9. The van der Waals surface area contributed by atoms with Crippen molar-refractivity contribution in [1.82, 2.24) is 0 Å². The molecule has 2 atom stereocenters. The fourth-order valence-electron chi connectivity index (χ4n) is 7.18. The molecule has 0 fully saturated rings. The minimum Gasteiger partial charge on any atom is -0.494 e. The number of carboxylic acid groups (broad SMARTS) is 2. The fourth-order valence-corrected chi connectivity index (χ4v) is 7.42. The molecular formula is C50H63ClO11. The van der Waals surface area contributed by atoms with E-state index >= 15 is 0 Å². The second-order valence-corrected chi connectivity index (χ2v) is 17.3. The largest absolute Gasteiger partial charge is 0.494 e. The van der Waals surface area contributed by atoms with Crippen LogP contribution < -0.4 is 33.2 Å². The van der Waals surface area contributed by atoms with Gasteiger partial charge in [-0.2, -0.15) is 0 Å². The molecule has 2 aliphatic heterocycles. The van der Waals surface area contributed by atoms with Crippen LogP contribution in [-0.2, 0) is 34.3 Å². The summed E-state index contributed by atoms with van der Waals surface area (Å²) in [7, 11) is 0.